The van der Waals surface area contributed by atoms with Gasteiger partial charge in [-0.2, -0.15) is 0 Å². The third-order valence-electron chi connectivity index (χ3n) is 4.80. The van der Waals surface area contributed by atoms with E-state index in [1.165, 1.54) is 0 Å². The van der Waals surface area contributed by atoms with Gasteiger partial charge < -0.3 is 9.84 Å². The highest BCUT2D eigenvalue weighted by Gasteiger charge is 2.51. The molecule has 2 atom stereocenters. The van der Waals surface area contributed by atoms with Crippen molar-refractivity contribution in [2.45, 2.75) is 55.1 Å². The van der Waals surface area contributed by atoms with Crippen molar-refractivity contribution in [1.29, 1.82) is 0 Å². The number of para-hydroxylation sites is 1. The Morgan fingerprint density at radius 3 is 2.48 bits per heavy atom. The van der Waals surface area contributed by atoms with Crippen molar-refractivity contribution in [2.75, 3.05) is 6.61 Å². The fourth-order valence-corrected chi connectivity index (χ4v) is 6.35. The fraction of sp³-hybridized carbons (Fsp3) is 0.625. The Morgan fingerprint density at radius 1 is 1.24 bits per heavy atom. The van der Waals surface area contributed by atoms with Gasteiger partial charge in [-0.05, 0) is 38.7 Å². The highest BCUT2D eigenvalue weighted by atomic mass is 32.2. The maximum atomic E-state index is 12.4. The average molecular weight is 310 g/mol. The first-order valence-electron chi connectivity index (χ1n) is 7.65. The lowest BCUT2D eigenvalue weighted by Crippen LogP contribution is -2.50. The molecule has 4 nitrogen and oxygen atoms in total. The minimum Gasteiger partial charge on any atom is -0.493 e. The lowest BCUT2D eigenvalue weighted by Gasteiger charge is -2.44. The van der Waals surface area contributed by atoms with Crippen molar-refractivity contribution in [3.63, 3.8) is 0 Å². The van der Waals surface area contributed by atoms with Crippen LogP contribution in [0.25, 0.3) is 0 Å². The zero-order valence-corrected chi connectivity index (χ0v) is 13.1. The first-order chi connectivity index (χ1) is 9.97. The zero-order chi connectivity index (χ0) is 15.1. The van der Waals surface area contributed by atoms with Gasteiger partial charge in [-0.25, -0.2) is 8.42 Å². The molecular formula is C16H22O4S. The van der Waals surface area contributed by atoms with Crippen LogP contribution in [-0.4, -0.2) is 30.6 Å². The molecule has 2 aliphatic rings. The average Bonchev–Trinajstić information content (AvgIpc) is 2.42. The van der Waals surface area contributed by atoms with E-state index in [0.29, 0.717) is 25.2 Å². The highest BCUT2D eigenvalue weighted by Crippen LogP contribution is 2.48. The molecule has 2 unspecified atom stereocenters. The van der Waals surface area contributed by atoms with Crippen LogP contribution >= 0.6 is 0 Å². The maximum Gasteiger partial charge on any atom is 0.156 e. The molecule has 21 heavy (non-hydrogen) atoms. The summed E-state index contributed by atoms with van der Waals surface area (Å²) in [4.78, 5) is 0. The molecule has 2 aliphatic heterocycles. The molecule has 0 spiro atoms. The van der Waals surface area contributed by atoms with Crippen molar-refractivity contribution < 1.29 is 18.3 Å². The van der Waals surface area contributed by atoms with E-state index < -0.39 is 25.9 Å². The highest BCUT2D eigenvalue weighted by molar-refractivity contribution is 7.92. The van der Waals surface area contributed by atoms with Crippen LogP contribution in [0.3, 0.4) is 0 Å². The SMILES string of the molecule is CCOc1ccccc1C1(O)CC2CCCC(C1)S2(=O)=O. The zero-order valence-electron chi connectivity index (χ0n) is 12.3. The molecule has 0 aliphatic carbocycles. The molecule has 1 aromatic rings. The van der Waals surface area contributed by atoms with Gasteiger partial charge in [0.05, 0.1) is 22.7 Å². The summed E-state index contributed by atoms with van der Waals surface area (Å²) in [6.45, 7) is 2.43. The van der Waals surface area contributed by atoms with Crippen molar-refractivity contribution in [2.24, 2.45) is 0 Å². The van der Waals surface area contributed by atoms with Crippen LogP contribution in [0.5, 0.6) is 5.75 Å². The molecular weight excluding hydrogens is 288 g/mol. The molecule has 0 amide bonds. The molecule has 2 fully saturated rings. The van der Waals surface area contributed by atoms with Gasteiger partial charge in [-0.15, -0.1) is 0 Å². The van der Waals surface area contributed by atoms with Gasteiger partial charge in [0.1, 0.15) is 5.75 Å². The minimum atomic E-state index is -3.07. The molecule has 2 saturated heterocycles. The van der Waals surface area contributed by atoms with Gasteiger partial charge in [-0.3, -0.25) is 0 Å². The first-order valence-corrected chi connectivity index (χ1v) is 9.26. The molecule has 0 radical (unpaired) electrons. The molecule has 0 saturated carbocycles. The second-order valence-electron chi connectivity index (χ2n) is 6.13. The van der Waals surface area contributed by atoms with Gasteiger partial charge in [0, 0.05) is 5.56 Å². The topological polar surface area (TPSA) is 63.6 Å². The van der Waals surface area contributed by atoms with E-state index in [-0.39, 0.29) is 12.8 Å². The summed E-state index contributed by atoms with van der Waals surface area (Å²) in [7, 11) is -3.07. The van der Waals surface area contributed by atoms with Crippen molar-refractivity contribution in [3.05, 3.63) is 29.8 Å². The fourth-order valence-electron chi connectivity index (χ4n) is 3.80. The van der Waals surface area contributed by atoms with Crippen LogP contribution in [-0.2, 0) is 15.4 Å². The summed E-state index contributed by atoms with van der Waals surface area (Å²) in [6, 6.07) is 7.45. The van der Waals surface area contributed by atoms with E-state index in [2.05, 4.69) is 0 Å². The summed E-state index contributed by atoms with van der Waals surface area (Å²) in [6.07, 6.45) is 2.85. The van der Waals surface area contributed by atoms with Crippen LogP contribution in [0.4, 0.5) is 0 Å². The number of ether oxygens (including phenoxy) is 1. The quantitative estimate of drug-likeness (QED) is 0.931. The van der Waals surface area contributed by atoms with Crippen LogP contribution in [0, 0.1) is 0 Å². The normalized spacial score (nSPS) is 34.4. The molecule has 0 aromatic heterocycles. The summed E-state index contributed by atoms with van der Waals surface area (Å²) < 4.78 is 30.4. The van der Waals surface area contributed by atoms with E-state index in [1.54, 1.807) is 0 Å². The maximum absolute atomic E-state index is 12.4. The number of hydrogen-bond acceptors (Lipinski definition) is 4. The van der Waals surface area contributed by atoms with Crippen LogP contribution in [0.15, 0.2) is 24.3 Å². The molecule has 1 N–H and O–H groups in total. The summed E-state index contributed by atoms with van der Waals surface area (Å²) in [5, 5.41) is 10.3. The largest absolute Gasteiger partial charge is 0.493 e. The van der Waals surface area contributed by atoms with E-state index in [0.717, 1.165) is 12.0 Å². The summed E-state index contributed by atoms with van der Waals surface area (Å²) in [5.74, 6) is 0.667. The second kappa shape index (κ2) is 5.29. The number of sulfone groups is 1. The van der Waals surface area contributed by atoms with Crippen molar-refractivity contribution >= 4 is 9.84 Å². The van der Waals surface area contributed by atoms with Gasteiger partial charge in [0.2, 0.25) is 0 Å². The number of benzene rings is 1. The third-order valence-corrected chi connectivity index (χ3v) is 7.46. The third kappa shape index (κ3) is 2.46. The molecule has 2 bridgehead atoms. The Balaban J connectivity index is 1.99. The van der Waals surface area contributed by atoms with E-state index >= 15 is 0 Å². The van der Waals surface area contributed by atoms with E-state index in [4.69, 9.17) is 4.74 Å². The summed E-state index contributed by atoms with van der Waals surface area (Å²) >= 11 is 0. The Kier molecular flexibility index (Phi) is 3.74. The number of rotatable bonds is 3. The predicted molar refractivity (Wildman–Crippen MR) is 81.1 cm³/mol. The smallest absolute Gasteiger partial charge is 0.156 e. The van der Waals surface area contributed by atoms with Gasteiger partial charge >= 0.3 is 0 Å². The Labute approximate surface area is 126 Å². The predicted octanol–water partition coefficient (Wildman–Crippen LogP) is 2.40. The molecule has 1 aromatic carbocycles. The van der Waals surface area contributed by atoms with E-state index in [1.807, 2.05) is 31.2 Å². The lowest BCUT2D eigenvalue weighted by molar-refractivity contribution is 0.00265. The van der Waals surface area contributed by atoms with Gasteiger partial charge in [0.25, 0.3) is 0 Å². The van der Waals surface area contributed by atoms with Gasteiger partial charge in [0.15, 0.2) is 9.84 Å². The molecule has 116 valence electrons. The lowest BCUT2D eigenvalue weighted by atomic mass is 9.80. The molecule has 3 rings (SSSR count). The molecule has 5 heteroatoms. The Hall–Kier alpha value is -1.07. The second-order valence-corrected chi connectivity index (χ2v) is 8.64. The Bertz CT molecular complexity index is 603. The number of fused-ring (bicyclic) bond motifs is 2. The monoisotopic (exact) mass is 310 g/mol. The first kappa shape index (κ1) is 14.9. The molecule has 2 heterocycles. The minimum absolute atomic E-state index is 0.288. The van der Waals surface area contributed by atoms with Crippen molar-refractivity contribution in [3.8, 4) is 5.75 Å². The standard InChI is InChI=1S/C16H22O4S/c1-2-20-15-9-4-3-8-14(15)16(17)10-12-6-5-7-13(11-16)21(12,18)19/h3-4,8-9,12-13,17H,2,5-7,10-11H2,1H3. The van der Waals surface area contributed by atoms with Crippen LogP contribution in [0.1, 0.15) is 44.6 Å². The summed E-state index contributed by atoms with van der Waals surface area (Å²) in [5.41, 5.74) is -0.356. The van der Waals surface area contributed by atoms with E-state index in [9.17, 15) is 13.5 Å². The van der Waals surface area contributed by atoms with Crippen LogP contribution in [0.2, 0.25) is 0 Å². The van der Waals surface area contributed by atoms with Crippen LogP contribution < -0.4 is 4.74 Å². The Morgan fingerprint density at radius 2 is 1.86 bits per heavy atom. The van der Waals surface area contributed by atoms with Crippen molar-refractivity contribution in [1.82, 2.24) is 0 Å². The number of hydrogen-bond donors (Lipinski definition) is 1. The van der Waals surface area contributed by atoms with Gasteiger partial charge in [-0.1, -0.05) is 24.6 Å². The number of aliphatic hydroxyl groups is 1.